The number of anilines is 1. The van der Waals surface area contributed by atoms with E-state index in [0.717, 1.165) is 11.1 Å². The first kappa shape index (κ1) is 20.2. The Hall–Kier alpha value is -3.74. The van der Waals surface area contributed by atoms with Gasteiger partial charge in [-0.05, 0) is 60.7 Å². The Morgan fingerprint density at radius 2 is 1.47 bits per heavy atom. The molecule has 0 N–H and O–H groups in total. The monoisotopic (exact) mass is 435 g/mol. The number of aromatic nitrogens is 1. The zero-order valence-electron chi connectivity index (χ0n) is 17.1. The highest BCUT2D eigenvalue weighted by atomic mass is 19.1. The Labute approximate surface area is 183 Å². The van der Waals surface area contributed by atoms with Crippen LogP contribution in [0.1, 0.15) is 10.4 Å². The van der Waals surface area contributed by atoms with Crippen LogP contribution in [0.25, 0.3) is 16.6 Å². The number of halogens is 3. The van der Waals surface area contributed by atoms with Crippen molar-refractivity contribution in [3.8, 4) is 5.69 Å². The molecule has 7 heteroatoms. The summed E-state index contributed by atoms with van der Waals surface area (Å²) in [5.74, 6) is -1.66. The molecule has 1 aliphatic rings. The van der Waals surface area contributed by atoms with Gasteiger partial charge in [0.25, 0.3) is 5.91 Å². The van der Waals surface area contributed by atoms with Crippen LogP contribution in [0.4, 0.5) is 18.9 Å². The molecule has 1 fully saturated rings. The molecule has 3 aromatic carbocycles. The van der Waals surface area contributed by atoms with E-state index in [1.807, 2.05) is 0 Å². The number of carbonyl (C=O) groups is 1. The molecule has 0 radical (unpaired) electrons. The van der Waals surface area contributed by atoms with Crippen LogP contribution in [0.5, 0.6) is 0 Å². The maximum absolute atomic E-state index is 14.2. The molecule has 1 amide bonds. The van der Waals surface area contributed by atoms with E-state index >= 15 is 0 Å². The standard InChI is InChI=1S/C25H20F3N3O/c26-19-5-7-20(8-6-19)29-12-14-30(15-13-29)25(32)18-4-9-23-17(16-18)10-11-31(23)24-21(27)2-1-3-22(24)28/h1-11,16H,12-15H2. The summed E-state index contributed by atoms with van der Waals surface area (Å²) in [6, 6.07) is 17.0. The molecule has 1 aliphatic heterocycles. The first-order chi connectivity index (χ1) is 15.5. The van der Waals surface area contributed by atoms with Crippen LogP contribution in [0.2, 0.25) is 0 Å². The van der Waals surface area contributed by atoms with Crippen LogP contribution in [-0.2, 0) is 0 Å². The van der Waals surface area contributed by atoms with Gasteiger partial charge in [0.15, 0.2) is 0 Å². The Kier molecular flexibility index (Phi) is 5.09. The van der Waals surface area contributed by atoms with Crippen LogP contribution < -0.4 is 4.90 Å². The van der Waals surface area contributed by atoms with Gasteiger partial charge in [0.05, 0.1) is 5.52 Å². The highest BCUT2D eigenvalue weighted by Gasteiger charge is 2.23. The molecule has 0 atom stereocenters. The predicted molar refractivity (Wildman–Crippen MR) is 118 cm³/mol. The molecule has 4 nitrogen and oxygen atoms in total. The summed E-state index contributed by atoms with van der Waals surface area (Å²) in [6.45, 7) is 2.41. The van der Waals surface area contributed by atoms with Gasteiger partial charge in [-0.1, -0.05) is 6.07 Å². The Morgan fingerprint density at radius 1 is 0.781 bits per heavy atom. The average Bonchev–Trinajstić information content (AvgIpc) is 3.22. The largest absolute Gasteiger partial charge is 0.368 e. The Morgan fingerprint density at radius 3 is 2.16 bits per heavy atom. The second-order valence-corrected chi connectivity index (χ2v) is 7.79. The minimum Gasteiger partial charge on any atom is -0.368 e. The van der Waals surface area contributed by atoms with Crippen molar-refractivity contribution in [3.05, 3.63) is 95.9 Å². The zero-order valence-corrected chi connectivity index (χ0v) is 17.1. The lowest BCUT2D eigenvalue weighted by Crippen LogP contribution is -2.48. The number of hydrogen-bond donors (Lipinski definition) is 0. The van der Waals surface area contributed by atoms with E-state index in [-0.39, 0.29) is 17.4 Å². The van der Waals surface area contributed by atoms with Gasteiger partial charge < -0.3 is 14.4 Å². The molecule has 0 spiro atoms. The Bertz CT molecular complexity index is 1270. The molecular weight excluding hydrogens is 415 g/mol. The maximum Gasteiger partial charge on any atom is 0.253 e. The second kappa shape index (κ2) is 8.07. The van der Waals surface area contributed by atoms with E-state index in [4.69, 9.17) is 0 Å². The van der Waals surface area contributed by atoms with Crippen molar-refractivity contribution in [3.63, 3.8) is 0 Å². The number of nitrogens with zero attached hydrogens (tertiary/aromatic N) is 3. The van der Waals surface area contributed by atoms with Crippen molar-refractivity contribution in [2.45, 2.75) is 0 Å². The van der Waals surface area contributed by atoms with Crippen LogP contribution in [0, 0.1) is 17.5 Å². The fourth-order valence-corrected chi connectivity index (χ4v) is 4.19. The van der Waals surface area contributed by atoms with Crippen molar-refractivity contribution >= 4 is 22.5 Å². The number of para-hydroxylation sites is 1. The molecule has 32 heavy (non-hydrogen) atoms. The fraction of sp³-hybridized carbons (Fsp3) is 0.160. The van der Waals surface area contributed by atoms with Crippen LogP contribution >= 0.6 is 0 Å². The van der Waals surface area contributed by atoms with Crippen LogP contribution in [-0.4, -0.2) is 41.6 Å². The van der Waals surface area contributed by atoms with E-state index in [9.17, 15) is 18.0 Å². The number of benzene rings is 3. The molecule has 0 bridgehead atoms. The van der Waals surface area contributed by atoms with Crippen molar-refractivity contribution in [2.75, 3.05) is 31.1 Å². The molecule has 1 aromatic heterocycles. The number of rotatable bonds is 3. The fourth-order valence-electron chi connectivity index (χ4n) is 4.19. The van der Waals surface area contributed by atoms with E-state index in [2.05, 4.69) is 4.90 Å². The lowest BCUT2D eigenvalue weighted by atomic mass is 10.1. The number of carbonyl (C=O) groups excluding carboxylic acids is 1. The minimum absolute atomic E-state index is 0.0875. The summed E-state index contributed by atoms with van der Waals surface area (Å²) in [5.41, 5.74) is 1.94. The lowest BCUT2D eigenvalue weighted by molar-refractivity contribution is 0.0747. The first-order valence-corrected chi connectivity index (χ1v) is 10.4. The summed E-state index contributed by atoms with van der Waals surface area (Å²) in [5, 5.41) is 0.725. The molecule has 4 aromatic rings. The SMILES string of the molecule is O=C(c1ccc2c(ccn2-c2c(F)cccc2F)c1)N1CCN(c2ccc(F)cc2)CC1. The van der Waals surface area contributed by atoms with Crippen LogP contribution in [0.3, 0.4) is 0 Å². The summed E-state index contributed by atoms with van der Waals surface area (Å²) >= 11 is 0. The molecule has 1 saturated heterocycles. The highest BCUT2D eigenvalue weighted by Crippen LogP contribution is 2.26. The van der Waals surface area contributed by atoms with Gasteiger partial charge in [0.2, 0.25) is 0 Å². The molecule has 0 unspecified atom stereocenters. The number of fused-ring (bicyclic) bond motifs is 1. The molecule has 2 heterocycles. The number of hydrogen-bond acceptors (Lipinski definition) is 2. The van der Waals surface area contributed by atoms with Gasteiger partial charge >= 0.3 is 0 Å². The normalized spacial score (nSPS) is 14.2. The topological polar surface area (TPSA) is 28.5 Å². The van der Waals surface area contributed by atoms with Gasteiger partial charge in [0, 0.05) is 49.0 Å². The molecule has 0 aliphatic carbocycles. The van der Waals surface area contributed by atoms with Gasteiger partial charge in [-0.15, -0.1) is 0 Å². The van der Waals surface area contributed by atoms with E-state index in [1.54, 1.807) is 47.5 Å². The van der Waals surface area contributed by atoms with Gasteiger partial charge in [-0.25, -0.2) is 13.2 Å². The minimum atomic E-state index is -0.651. The van der Waals surface area contributed by atoms with Crippen LogP contribution in [0.15, 0.2) is 72.9 Å². The highest BCUT2D eigenvalue weighted by molar-refractivity contribution is 5.98. The third-order valence-electron chi connectivity index (χ3n) is 5.87. The smallest absolute Gasteiger partial charge is 0.253 e. The van der Waals surface area contributed by atoms with E-state index in [0.29, 0.717) is 37.3 Å². The number of amides is 1. The van der Waals surface area contributed by atoms with Crippen molar-refractivity contribution in [2.24, 2.45) is 0 Å². The summed E-state index contributed by atoms with van der Waals surface area (Å²) in [6.07, 6.45) is 1.60. The summed E-state index contributed by atoms with van der Waals surface area (Å²) < 4.78 is 43.0. The summed E-state index contributed by atoms with van der Waals surface area (Å²) in [4.78, 5) is 17.0. The van der Waals surface area contributed by atoms with E-state index in [1.165, 1.54) is 34.9 Å². The molecular formula is C25H20F3N3O. The molecule has 5 rings (SSSR count). The Balaban J connectivity index is 1.34. The lowest BCUT2D eigenvalue weighted by Gasteiger charge is -2.36. The van der Waals surface area contributed by atoms with Crippen molar-refractivity contribution < 1.29 is 18.0 Å². The molecule has 162 valence electrons. The van der Waals surface area contributed by atoms with Gasteiger partial charge in [-0.3, -0.25) is 4.79 Å². The predicted octanol–water partition coefficient (Wildman–Crippen LogP) is 5.01. The van der Waals surface area contributed by atoms with E-state index < -0.39 is 11.6 Å². The van der Waals surface area contributed by atoms with Gasteiger partial charge in [-0.2, -0.15) is 0 Å². The third-order valence-corrected chi connectivity index (χ3v) is 5.87. The van der Waals surface area contributed by atoms with Crippen molar-refractivity contribution in [1.82, 2.24) is 9.47 Å². The molecule has 0 saturated carbocycles. The first-order valence-electron chi connectivity index (χ1n) is 10.4. The maximum atomic E-state index is 14.2. The summed E-state index contributed by atoms with van der Waals surface area (Å²) in [7, 11) is 0. The quantitative estimate of drug-likeness (QED) is 0.453. The average molecular weight is 435 g/mol. The van der Waals surface area contributed by atoms with Gasteiger partial charge in [0.1, 0.15) is 23.1 Å². The zero-order chi connectivity index (χ0) is 22.2. The van der Waals surface area contributed by atoms with Crippen molar-refractivity contribution in [1.29, 1.82) is 0 Å². The number of piperazine rings is 1. The second-order valence-electron chi connectivity index (χ2n) is 7.79. The third kappa shape index (κ3) is 3.60.